The van der Waals surface area contributed by atoms with Crippen LogP contribution in [0.3, 0.4) is 0 Å². The molecule has 4 nitrogen and oxygen atoms in total. The van der Waals surface area contributed by atoms with Crippen LogP contribution in [0.1, 0.15) is 26.3 Å². The molecule has 1 atom stereocenters. The Morgan fingerprint density at radius 3 is 2.90 bits per heavy atom. The summed E-state index contributed by atoms with van der Waals surface area (Å²) in [6.07, 6.45) is 0.280. The molecule has 1 unspecified atom stereocenters. The number of fused-ring (bicyclic) bond motifs is 1. The van der Waals surface area contributed by atoms with Crippen molar-refractivity contribution in [1.29, 1.82) is 0 Å². The van der Waals surface area contributed by atoms with Gasteiger partial charge in [-0.05, 0) is 32.4 Å². The molecule has 1 aromatic rings. The molecule has 112 valence electrons. The molecule has 0 aliphatic carbocycles. The van der Waals surface area contributed by atoms with Crippen LogP contribution in [-0.4, -0.2) is 39.0 Å². The van der Waals surface area contributed by atoms with E-state index in [-0.39, 0.29) is 6.10 Å². The molecule has 2 rings (SSSR count). The molecule has 0 saturated heterocycles. The number of methoxy groups -OCH3 is 1. The summed E-state index contributed by atoms with van der Waals surface area (Å²) in [5.74, 6) is 0.910. The van der Waals surface area contributed by atoms with Gasteiger partial charge in [-0.3, -0.25) is 0 Å². The van der Waals surface area contributed by atoms with Crippen molar-refractivity contribution in [2.75, 3.05) is 31.7 Å². The average Bonchev–Trinajstić information content (AvgIpc) is 2.58. The third-order valence-electron chi connectivity index (χ3n) is 3.58. The van der Waals surface area contributed by atoms with E-state index in [0.29, 0.717) is 6.04 Å². The van der Waals surface area contributed by atoms with Crippen LogP contribution in [0.2, 0.25) is 0 Å². The van der Waals surface area contributed by atoms with Crippen molar-refractivity contribution in [2.45, 2.75) is 39.5 Å². The molecule has 0 aromatic heterocycles. The zero-order valence-corrected chi connectivity index (χ0v) is 13.0. The summed E-state index contributed by atoms with van der Waals surface area (Å²) in [4.78, 5) is 2.39. The van der Waals surface area contributed by atoms with Crippen LogP contribution in [0.15, 0.2) is 18.2 Å². The average molecular weight is 278 g/mol. The Morgan fingerprint density at radius 2 is 2.20 bits per heavy atom. The maximum Gasteiger partial charge on any atom is 0.120 e. The summed E-state index contributed by atoms with van der Waals surface area (Å²) in [6.45, 7) is 9.92. The zero-order chi connectivity index (χ0) is 14.5. The van der Waals surface area contributed by atoms with Crippen LogP contribution in [0, 0.1) is 0 Å². The van der Waals surface area contributed by atoms with Crippen molar-refractivity contribution < 1.29 is 9.47 Å². The summed E-state index contributed by atoms with van der Waals surface area (Å²) in [5.41, 5.74) is 2.58. The predicted octanol–water partition coefficient (Wildman–Crippen LogP) is 2.42. The van der Waals surface area contributed by atoms with E-state index in [2.05, 4.69) is 43.1 Å². The Kier molecular flexibility index (Phi) is 5.26. The minimum Gasteiger partial charge on any atom is -0.497 e. The summed E-state index contributed by atoms with van der Waals surface area (Å²) < 4.78 is 11.1. The number of rotatable bonds is 5. The Labute approximate surface area is 122 Å². The molecule has 20 heavy (non-hydrogen) atoms. The second-order valence-electron chi connectivity index (χ2n) is 5.64. The Hall–Kier alpha value is -1.26. The Balaban J connectivity index is 2.16. The fourth-order valence-corrected chi connectivity index (χ4v) is 2.50. The van der Waals surface area contributed by atoms with Gasteiger partial charge in [-0.1, -0.05) is 6.07 Å². The summed E-state index contributed by atoms with van der Waals surface area (Å²) in [5, 5.41) is 3.54. The second-order valence-corrected chi connectivity index (χ2v) is 5.64. The molecule has 4 heteroatoms. The van der Waals surface area contributed by atoms with Gasteiger partial charge in [0.1, 0.15) is 5.75 Å². The van der Waals surface area contributed by atoms with E-state index >= 15 is 0 Å². The molecule has 0 spiro atoms. The fourth-order valence-electron chi connectivity index (χ4n) is 2.50. The highest BCUT2D eigenvalue weighted by molar-refractivity contribution is 5.58. The van der Waals surface area contributed by atoms with Gasteiger partial charge in [0.2, 0.25) is 0 Å². The molecule has 0 fully saturated rings. The highest BCUT2D eigenvalue weighted by Crippen LogP contribution is 2.28. The lowest BCUT2D eigenvalue weighted by atomic mass is 10.1. The van der Waals surface area contributed by atoms with Gasteiger partial charge in [0.15, 0.2) is 0 Å². The van der Waals surface area contributed by atoms with Crippen LogP contribution >= 0.6 is 0 Å². The van der Waals surface area contributed by atoms with Gasteiger partial charge in [0.25, 0.3) is 0 Å². The van der Waals surface area contributed by atoms with Crippen LogP contribution in [-0.2, 0) is 11.3 Å². The smallest absolute Gasteiger partial charge is 0.120 e. The molecular weight excluding hydrogens is 252 g/mol. The lowest BCUT2D eigenvalue weighted by molar-refractivity contribution is 0.0839. The molecule has 0 amide bonds. The lowest BCUT2D eigenvalue weighted by Crippen LogP contribution is -2.38. The maximum atomic E-state index is 5.70. The molecule has 1 aliphatic rings. The van der Waals surface area contributed by atoms with Crippen LogP contribution < -0.4 is 15.0 Å². The largest absolute Gasteiger partial charge is 0.497 e. The summed E-state index contributed by atoms with van der Waals surface area (Å²) >= 11 is 0. The third kappa shape index (κ3) is 3.87. The normalized spacial score (nSPS) is 18.9. The van der Waals surface area contributed by atoms with Gasteiger partial charge in [-0.2, -0.15) is 0 Å². The van der Waals surface area contributed by atoms with Crippen molar-refractivity contribution >= 4 is 5.69 Å². The van der Waals surface area contributed by atoms with Gasteiger partial charge in [-0.15, -0.1) is 0 Å². The monoisotopic (exact) mass is 278 g/mol. The second kappa shape index (κ2) is 6.95. The van der Waals surface area contributed by atoms with Gasteiger partial charge < -0.3 is 19.7 Å². The third-order valence-corrected chi connectivity index (χ3v) is 3.58. The van der Waals surface area contributed by atoms with Crippen molar-refractivity contribution in [3.05, 3.63) is 23.8 Å². The van der Waals surface area contributed by atoms with Crippen molar-refractivity contribution in [3.63, 3.8) is 0 Å². The Bertz CT molecular complexity index is 434. The van der Waals surface area contributed by atoms with Gasteiger partial charge in [-0.25, -0.2) is 0 Å². The number of hydrogen-bond acceptors (Lipinski definition) is 4. The number of benzene rings is 1. The Morgan fingerprint density at radius 1 is 1.40 bits per heavy atom. The molecule has 1 aromatic carbocycles. The summed E-state index contributed by atoms with van der Waals surface area (Å²) in [7, 11) is 1.71. The van der Waals surface area contributed by atoms with E-state index in [0.717, 1.165) is 32.0 Å². The van der Waals surface area contributed by atoms with E-state index in [4.69, 9.17) is 9.47 Å². The van der Waals surface area contributed by atoms with Gasteiger partial charge in [0, 0.05) is 37.4 Å². The molecule has 1 aliphatic heterocycles. The maximum absolute atomic E-state index is 5.70. The van der Waals surface area contributed by atoms with Crippen LogP contribution in [0.5, 0.6) is 5.75 Å². The molecule has 1 N–H and O–H groups in total. The molecule has 0 saturated carbocycles. The first-order valence-corrected chi connectivity index (χ1v) is 7.37. The molecular formula is C16H26N2O2. The van der Waals surface area contributed by atoms with E-state index < -0.39 is 0 Å². The molecule has 1 heterocycles. The van der Waals surface area contributed by atoms with E-state index in [1.54, 1.807) is 7.11 Å². The molecule has 0 bridgehead atoms. The van der Waals surface area contributed by atoms with E-state index in [9.17, 15) is 0 Å². The van der Waals surface area contributed by atoms with Crippen molar-refractivity contribution in [1.82, 2.24) is 5.32 Å². The summed E-state index contributed by atoms with van der Waals surface area (Å²) in [6, 6.07) is 6.77. The van der Waals surface area contributed by atoms with Gasteiger partial charge in [0.05, 0.1) is 19.8 Å². The lowest BCUT2D eigenvalue weighted by Gasteiger charge is -2.27. The first kappa shape index (κ1) is 15.1. The van der Waals surface area contributed by atoms with Crippen LogP contribution in [0.4, 0.5) is 5.69 Å². The van der Waals surface area contributed by atoms with Gasteiger partial charge >= 0.3 is 0 Å². The SMILES string of the molecule is COc1ccc2c(c1)N(CCOC(C)C)CC(C)NC2. The van der Waals surface area contributed by atoms with E-state index in [1.165, 1.54) is 11.3 Å². The quantitative estimate of drug-likeness (QED) is 0.897. The predicted molar refractivity (Wildman–Crippen MR) is 82.6 cm³/mol. The first-order valence-electron chi connectivity index (χ1n) is 7.37. The van der Waals surface area contributed by atoms with Crippen LogP contribution in [0.25, 0.3) is 0 Å². The number of ether oxygens (including phenoxy) is 2. The van der Waals surface area contributed by atoms with Crippen molar-refractivity contribution in [2.24, 2.45) is 0 Å². The standard InChI is InChI=1S/C16H26N2O2/c1-12(2)20-8-7-18-11-13(3)17-10-14-5-6-15(19-4)9-16(14)18/h5-6,9,12-13,17H,7-8,10-11H2,1-4H3. The van der Waals surface area contributed by atoms with E-state index in [1.807, 2.05) is 6.07 Å². The minimum atomic E-state index is 0.280. The number of nitrogens with one attached hydrogen (secondary N) is 1. The minimum absolute atomic E-state index is 0.280. The number of nitrogens with zero attached hydrogens (tertiary/aromatic N) is 1. The fraction of sp³-hybridized carbons (Fsp3) is 0.625. The topological polar surface area (TPSA) is 33.7 Å². The highest BCUT2D eigenvalue weighted by atomic mass is 16.5. The molecule has 0 radical (unpaired) electrons. The number of anilines is 1. The number of hydrogen-bond donors (Lipinski definition) is 1. The van der Waals surface area contributed by atoms with Crippen molar-refractivity contribution in [3.8, 4) is 5.75 Å². The first-order chi connectivity index (χ1) is 9.60. The zero-order valence-electron chi connectivity index (χ0n) is 13.0. The highest BCUT2D eigenvalue weighted by Gasteiger charge is 2.19.